The first-order valence-corrected chi connectivity index (χ1v) is 5.70. The second kappa shape index (κ2) is 5.51. The molecule has 0 atom stereocenters. The van der Waals surface area contributed by atoms with Crippen LogP contribution in [-0.4, -0.2) is 16.7 Å². The molecule has 2 aromatic rings. The zero-order chi connectivity index (χ0) is 13.0. The van der Waals surface area contributed by atoms with Crippen LogP contribution >= 0.6 is 11.6 Å². The summed E-state index contributed by atoms with van der Waals surface area (Å²) in [5.74, 6) is -0.516. The lowest BCUT2D eigenvalue weighted by atomic mass is 10.2. The second-order valence-corrected chi connectivity index (χ2v) is 4.08. The van der Waals surface area contributed by atoms with Gasteiger partial charge in [-0.1, -0.05) is 16.8 Å². The van der Waals surface area contributed by atoms with Gasteiger partial charge in [-0.05, 0) is 43.3 Å². The first kappa shape index (κ1) is 12.4. The zero-order valence-electron chi connectivity index (χ0n) is 9.68. The molecule has 0 aliphatic heterocycles. The van der Waals surface area contributed by atoms with E-state index in [2.05, 4.69) is 10.1 Å². The van der Waals surface area contributed by atoms with Gasteiger partial charge in [-0.15, -0.1) is 0 Å². The predicted octanol–water partition coefficient (Wildman–Crippen LogP) is 3.25. The predicted molar refractivity (Wildman–Crippen MR) is 69.9 cm³/mol. The standard InChI is InChI=1S/C13H11ClN2O2/c1-9(12-3-2-8-15-12)16-18-13(17)10-4-6-11(14)7-5-10/h2-8,15H,1H3. The molecule has 1 heterocycles. The number of rotatable bonds is 3. The van der Waals surface area contributed by atoms with Crippen molar-refractivity contribution in [3.63, 3.8) is 0 Å². The van der Waals surface area contributed by atoms with E-state index in [1.807, 2.05) is 12.1 Å². The Morgan fingerprint density at radius 1 is 1.28 bits per heavy atom. The highest BCUT2D eigenvalue weighted by molar-refractivity contribution is 6.30. The van der Waals surface area contributed by atoms with Crippen molar-refractivity contribution in [2.45, 2.75) is 6.92 Å². The van der Waals surface area contributed by atoms with E-state index in [0.717, 1.165) is 5.69 Å². The van der Waals surface area contributed by atoms with Gasteiger partial charge < -0.3 is 9.82 Å². The number of hydrogen-bond acceptors (Lipinski definition) is 3. The van der Waals surface area contributed by atoms with Gasteiger partial charge in [-0.3, -0.25) is 0 Å². The Balaban J connectivity index is 2.04. The van der Waals surface area contributed by atoms with Crippen LogP contribution in [0.3, 0.4) is 0 Å². The first-order valence-electron chi connectivity index (χ1n) is 5.32. The molecule has 2 rings (SSSR count). The fourth-order valence-corrected chi connectivity index (χ4v) is 1.48. The van der Waals surface area contributed by atoms with E-state index < -0.39 is 5.97 Å². The SMILES string of the molecule is CC(=NOC(=O)c1ccc(Cl)cc1)c1ccc[nH]1. The highest BCUT2D eigenvalue weighted by Crippen LogP contribution is 2.10. The molecule has 0 bridgehead atoms. The Kier molecular flexibility index (Phi) is 3.79. The minimum Gasteiger partial charge on any atom is -0.360 e. The summed E-state index contributed by atoms with van der Waals surface area (Å²) in [6, 6.07) is 10.1. The number of aromatic nitrogens is 1. The number of halogens is 1. The molecule has 0 amide bonds. The van der Waals surface area contributed by atoms with Crippen molar-refractivity contribution < 1.29 is 9.63 Å². The lowest BCUT2D eigenvalue weighted by Crippen LogP contribution is -2.03. The molecule has 4 nitrogen and oxygen atoms in total. The molecule has 0 radical (unpaired) electrons. The van der Waals surface area contributed by atoms with Crippen molar-refractivity contribution in [1.82, 2.24) is 4.98 Å². The van der Waals surface area contributed by atoms with E-state index in [0.29, 0.717) is 16.3 Å². The molecule has 0 aliphatic carbocycles. The van der Waals surface area contributed by atoms with Crippen molar-refractivity contribution in [3.8, 4) is 0 Å². The van der Waals surface area contributed by atoms with Crippen molar-refractivity contribution in [2.75, 3.05) is 0 Å². The van der Waals surface area contributed by atoms with Crippen molar-refractivity contribution >= 4 is 23.3 Å². The van der Waals surface area contributed by atoms with Gasteiger partial charge in [-0.25, -0.2) is 4.79 Å². The van der Waals surface area contributed by atoms with Crippen LogP contribution in [0.25, 0.3) is 0 Å². The number of carbonyl (C=O) groups is 1. The van der Waals surface area contributed by atoms with Gasteiger partial charge in [0.2, 0.25) is 0 Å². The Labute approximate surface area is 109 Å². The summed E-state index contributed by atoms with van der Waals surface area (Å²) in [7, 11) is 0. The highest BCUT2D eigenvalue weighted by Gasteiger charge is 2.07. The summed E-state index contributed by atoms with van der Waals surface area (Å²) in [5, 5.41) is 4.34. The van der Waals surface area contributed by atoms with Crippen LogP contribution in [0.15, 0.2) is 47.8 Å². The third-order valence-corrected chi connectivity index (χ3v) is 2.59. The lowest BCUT2D eigenvalue weighted by molar-refractivity contribution is 0.0516. The molecule has 0 unspecified atom stereocenters. The van der Waals surface area contributed by atoms with Crippen molar-refractivity contribution in [2.24, 2.45) is 5.16 Å². The quantitative estimate of drug-likeness (QED) is 0.524. The summed E-state index contributed by atoms with van der Waals surface area (Å²) < 4.78 is 0. The molecular formula is C13H11ClN2O2. The van der Waals surface area contributed by atoms with E-state index >= 15 is 0 Å². The summed E-state index contributed by atoms with van der Waals surface area (Å²) in [6.07, 6.45) is 1.77. The van der Waals surface area contributed by atoms with E-state index in [9.17, 15) is 4.79 Å². The van der Waals surface area contributed by atoms with Gasteiger partial charge >= 0.3 is 5.97 Å². The molecule has 1 aromatic carbocycles. The summed E-state index contributed by atoms with van der Waals surface area (Å²) in [6.45, 7) is 1.75. The van der Waals surface area contributed by atoms with Crippen LogP contribution in [0.4, 0.5) is 0 Å². The van der Waals surface area contributed by atoms with E-state index in [1.165, 1.54) is 0 Å². The van der Waals surface area contributed by atoms with Crippen molar-refractivity contribution in [1.29, 1.82) is 0 Å². The number of aromatic amines is 1. The van der Waals surface area contributed by atoms with Crippen molar-refractivity contribution in [3.05, 3.63) is 58.9 Å². The Morgan fingerprint density at radius 2 is 2.00 bits per heavy atom. The van der Waals surface area contributed by atoms with Gasteiger partial charge in [0.1, 0.15) is 5.71 Å². The van der Waals surface area contributed by atoms with E-state index in [1.54, 1.807) is 37.4 Å². The number of oxime groups is 1. The first-order chi connectivity index (χ1) is 8.66. The monoisotopic (exact) mass is 262 g/mol. The smallest absolute Gasteiger partial charge is 0.360 e. The molecule has 1 N–H and O–H groups in total. The fraction of sp³-hybridized carbons (Fsp3) is 0.0769. The van der Waals surface area contributed by atoms with Gasteiger partial charge in [0, 0.05) is 11.2 Å². The van der Waals surface area contributed by atoms with Gasteiger partial charge in [0.05, 0.1) is 11.3 Å². The van der Waals surface area contributed by atoms with Crippen LogP contribution in [-0.2, 0) is 4.84 Å². The molecule has 0 saturated heterocycles. The van der Waals surface area contributed by atoms with E-state index in [4.69, 9.17) is 16.4 Å². The van der Waals surface area contributed by atoms with Gasteiger partial charge in [0.25, 0.3) is 0 Å². The number of carbonyl (C=O) groups excluding carboxylic acids is 1. The van der Waals surface area contributed by atoms with Crippen LogP contribution in [0.5, 0.6) is 0 Å². The molecule has 0 saturated carbocycles. The Morgan fingerprint density at radius 3 is 2.61 bits per heavy atom. The molecule has 0 spiro atoms. The minimum atomic E-state index is -0.516. The number of H-pyrrole nitrogens is 1. The van der Waals surface area contributed by atoms with Crippen LogP contribution < -0.4 is 0 Å². The third-order valence-electron chi connectivity index (χ3n) is 2.33. The second-order valence-electron chi connectivity index (χ2n) is 3.65. The van der Waals surface area contributed by atoms with Gasteiger partial charge in [-0.2, -0.15) is 0 Å². The molecule has 0 aliphatic rings. The molecule has 0 fully saturated rings. The molecule has 92 valence electrons. The van der Waals surface area contributed by atoms with Crippen LogP contribution in [0.2, 0.25) is 5.02 Å². The van der Waals surface area contributed by atoms with Crippen LogP contribution in [0, 0.1) is 0 Å². The maximum absolute atomic E-state index is 11.6. The maximum Gasteiger partial charge on any atom is 0.365 e. The maximum atomic E-state index is 11.6. The lowest BCUT2D eigenvalue weighted by Gasteiger charge is -1.99. The van der Waals surface area contributed by atoms with Gasteiger partial charge in [0.15, 0.2) is 0 Å². The molecule has 18 heavy (non-hydrogen) atoms. The third kappa shape index (κ3) is 2.99. The largest absolute Gasteiger partial charge is 0.365 e. The topological polar surface area (TPSA) is 54.4 Å². The Bertz CT molecular complexity index is 559. The summed E-state index contributed by atoms with van der Waals surface area (Å²) in [5.41, 5.74) is 1.81. The zero-order valence-corrected chi connectivity index (χ0v) is 10.4. The summed E-state index contributed by atoms with van der Waals surface area (Å²) >= 11 is 5.73. The molecule has 1 aromatic heterocycles. The fourth-order valence-electron chi connectivity index (χ4n) is 1.35. The Hall–Kier alpha value is -2.07. The minimum absolute atomic E-state index is 0.405. The number of nitrogens with zero attached hydrogens (tertiary/aromatic N) is 1. The summed E-state index contributed by atoms with van der Waals surface area (Å²) in [4.78, 5) is 19.5. The normalized spacial score (nSPS) is 11.3. The number of hydrogen-bond donors (Lipinski definition) is 1. The molecular weight excluding hydrogens is 252 g/mol. The number of nitrogens with one attached hydrogen (secondary N) is 1. The van der Waals surface area contributed by atoms with E-state index in [-0.39, 0.29) is 0 Å². The van der Waals surface area contributed by atoms with Crippen LogP contribution in [0.1, 0.15) is 23.0 Å². The number of benzene rings is 1. The average Bonchev–Trinajstić information content (AvgIpc) is 2.90. The molecule has 5 heteroatoms. The highest BCUT2D eigenvalue weighted by atomic mass is 35.5. The average molecular weight is 263 g/mol.